The fourth-order valence-electron chi connectivity index (χ4n) is 2.58. The largest absolute Gasteiger partial charge is 0.497 e. The van der Waals surface area contributed by atoms with Crippen LogP contribution in [0.3, 0.4) is 0 Å². The summed E-state index contributed by atoms with van der Waals surface area (Å²) in [7, 11) is 1.65. The number of methoxy groups -OCH3 is 1. The average Bonchev–Trinajstić information content (AvgIpc) is 3.23. The number of benzene rings is 2. The van der Waals surface area contributed by atoms with Crippen molar-refractivity contribution in [2.24, 2.45) is 0 Å². The van der Waals surface area contributed by atoms with Gasteiger partial charge in [0, 0.05) is 23.9 Å². The fraction of sp³-hybridized carbons (Fsp3) is 0.273. The van der Waals surface area contributed by atoms with Crippen molar-refractivity contribution in [3.05, 3.63) is 65.0 Å². The molecule has 3 rings (SSSR count). The summed E-state index contributed by atoms with van der Waals surface area (Å²) in [5.74, 6) is 1.47. The summed E-state index contributed by atoms with van der Waals surface area (Å²) in [6.07, 6.45) is 0.684. The highest BCUT2D eigenvalue weighted by Crippen LogP contribution is 2.24. The van der Waals surface area contributed by atoms with E-state index in [1.165, 1.54) is 0 Å². The van der Waals surface area contributed by atoms with Crippen LogP contribution in [0.25, 0.3) is 11.3 Å². The molecule has 3 aromatic rings. The summed E-state index contributed by atoms with van der Waals surface area (Å²) >= 11 is 1.59. The van der Waals surface area contributed by atoms with Crippen LogP contribution in [0.2, 0.25) is 0 Å². The minimum absolute atomic E-state index is 0.0209. The topological polar surface area (TPSA) is 69.7 Å². The molecule has 0 atom stereocenters. The van der Waals surface area contributed by atoms with E-state index in [9.17, 15) is 4.79 Å². The highest BCUT2D eigenvalue weighted by molar-refractivity contribution is 7.09. The zero-order valence-corrected chi connectivity index (χ0v) is 17.1. The standard InChI is InChI=1S/C22H24N2O4S/c1-26-18-9-7-17(8-10-18)20-16-29-22(24-20)11-12-23-21(25)15-27-13-14-28-19-5-3-2-4-6-19/h2-10,16H,11-15H2,1H3,(H,23,25). The Morgan fingerprint density at radius 1 is 1.03 bits per heavy atom. The second-order valence-electron chi connectivity index (χ2n) is 6.17. The highest BCUT2D eigenvalue weighted by Gasteiger charge is 2.06. The van der Waals surface area contributed by atoms with Crippen LogP contribution in [0.1, 0.15) is 5.01 Å². The molecule has 7 heteroatoms. The van der Waals surface area contributed by atoms with E-state index < -0.39 is 0 Å². The van der Waals surface area contributed by atoms with Gasteiger partial charge in [0.1, 0.15) is 24.7 Å². The number of amides is 1. The van der Waals surface area contributed by atoms with E-state index in [-0.39, 0.29) is 12.5 Å². The Morgan fingerprint density at radius 3 is 2.59 bits per heavy atom. The summed E-state index contributed by atoms with van der Waals surface area (Å²) in [6.45, 7) is 1.32. The quantitative estimate of drug-likeness (QED) is 0.488. The Kier molecular flexibility index (Phi) is 8.03. The molecule has 1 aromatic heterocycles. The summed E-state index contributed by atoms with van der Waals surface area (Å²) in [4.78, 5) is 16.5. The highest BCUT2D eigenvalue weighted by atomic mass is 32.1. The Balaban J connectivity index is 1.30. The minimum atomic E-state index is -0.142. The summed E-state index contributed by atoms with van der Waals surface area (Å²) < 4.78 is 16.0. The van der Waals surface area contributed by atoms with Gasteiger partial charge in [-0.05, 0) is 36.4 Å². The maximum absolute atomic E-state index is 11.8. The van der Waals surface area contributed by atoms with E-state index >= 15 is 0 Å². The Morgan fingerprint density at radius 2 is 1.83 bits per heavy atom. The van der Waals surface area contributed by atoms with Gasteiger partial charge >= 0.3 is 0 Å². The molecule has 0 saturated carbocycles. The van der Waals surface area contributed by atoms with Gasteiger partial charge in [-0.15, -0.1) is 11.3 Å². The SMILES string of the molecule is COc1ccc(-c2csc(CCNC(=O)COCCOc3ccccc3)n2)cc1. The molecule has 0 saturated heterocycles. The first-order chi connectivity index (χ1) is 14.2. The third kappa shape index (κ3) is 6.89. The fourth-order valence-corrected chi connectivity index (χ4v) is 3.39. The Bertz CT molecular complexity index is 881. The van der Waals surface area contributed by atoms with Crippen LogP contribution in [0, 0.1) is 0 Å². The van der Waals surface area contributed by atoms with Gasteiger partial charge in [-0.1, -0.05) is 18.2 Å². The van der Waals surface area contributed by atoms with E-state index in [0.29, 0.717) is 26.2 Å². The van der Waals surface area contributed by atoms with Gasteiger partial charge in [-0.2, -0.15) is 0 Å². The van der Waals surface area contributed by atoms with Gasteiger partial charge in [-0.25, -0.2) is 4.98 Å². The van der Waals surface area contributed by atoms with Crippen molar-refractivity contribution in [3.8, 4) is 22.8 Å². The first-order valence-corrected chi connectivity index (χ1v) is 10.2. The predicted molar refractivity (Wildman–Crippen MR) is 114 cm³/mol. The van der Waals surface area contributed by atoms with Crippen molar-refractivity contribution in [3.63, 3.8) is 0 Å². The van der Waals surface area contributed by atoms with Gasteiger partial charge in [-0.3, -0.25) is 4.79 Å². The number of thiazole rings is 1. The monoisotopic (exact) mass is 412 g/mol. The van der Waals surface area contributed by atoms with Crippen molar-refractivity contribution in [1.29, 1.82) is 0 Å². The Labute approximate surface area is 174 Å². The normalized spacial score (nSPS) is 10.5. The van der Waals surface area contributed by atoms with E-state index in [1.54, 1.807) is 18.4 Å². The molecule has 0 fully saturated rings. The summed E-state index contributed by atoms with van der Waals surface area (Å²) in [5, 5.41) is 5.85. The van der Waals surface area contributed by atoms with Crippen molar-refractivity contribution in [2.45, 2.75) is 6.42 Å². The number of nitrogens with zero attached hydrogens (tertiary/aromatic N) is 1. The lowest BCUT2D eigenvalue weighted by Gasteiger charge is -2.07. The maximum atomic E-state index is 11.8. The van der Waals surface area contributed by atoms with E-state index in [2.05, 4.69) is 10.3 Å². The van der Waals surface area contributed by atoms with Crippen LogP contribution in [0.15, 0.2) is 60.0 Å². The average molecular weight is 413 g/mol. The van der Waals surface area contributed by atoms with Crippen LogP contribution in [-0.2, 0) is 16.0 Å². The summed E-state index contributed by atoms with van der Waals surface area (Å²) in [6, 6.07) is 17.3. The van der Waals surface area contributed by atoms with Gasteiger partial charge in [0.05, 0.1) is 24.4 Å². The predicted octanol–water partition coefficient (Wildman–Crippen LogP) is 3.57. The molecule has 1 heterocycles. The number of hydrogen-bond donors (Lipinski definition) is 1. The van der Waals surface area contributed by atoms with Crippen molar-refractivity contribution < 1.29 is 19.0 Å². The number of ether oxygens (including phenoxy) is 3. The third-order valence-electron chi connectivity index (χ3n) is 4.07. The second-order valence-corrected chi connectivity index (χ2v) is 7.11. The molecular formula is C22H24N2O4S. The number of rotatable bonds is 11. The molecule has 1 N–H and O–H groups in total. The smallest absolute Gasteiger partial charge is 0.246 e. The number of nitrogens with one attached hydrogen (secondary N) is 1. The van der Waals surface area contributed by atoms with Crippen molar-refractivity contribution in [1.82, 2.24) is 10.3 Å². The zero-order chi connectivity index (χ0) is 20.3. The van der Waals surface area contributed by atoms with Crippen LogP contribution in [0.5, 0.6) is 11.5 Å². The van der Waals surface area contributed by atoms with Gasteiger partial charge in [0.2, 0.25) is 5.91 Å². The molecule has 6 nitrogen and oxygen atoms in total. The molecule has 0 bridgehead atoms. The lowest BCUT2D eigenvalue weighted by molar-refractivity contribution is -0.125. The third-order valence-corrected chi connectivity index (χ3v) is 4.98. The first-order valence-electron chi connectivity index (χ1n) is 9.36. The zero-order valence-electron chi connectivity index (χ0n) is 16.3. The number of carbonyl (C=O) groups is 1. The Hall–Kier alpha value is -2.90. The number of para-hydroxylation sites is 1. The van der Waals surface area contributed by atoms with E-state index in [1.807, 2.05) is 60.0 Å². The minimum Gasteiger partial charge on any atom is -0.497 e. The van der Waals surface area contributed by atoms with Crippen LogP contribution < -0.4 is 14.8 Å². The molecule has 0 spiro atoms. The van der Waals surface area contributed by atoms with E-state index in [4.69, 9.17) is 14.2 Å². The lowest BCUT2D eigenvalue weighted by atomic mass is 10.2. The second kappa shape index (κ2) is 11.2. The lowest BCUT2D eigenvalue weighted by Crippen LogP contribution is -2.30. The molecule has 0 aliphatic carbocycles. The molecule has 29 heavy (non-hydrogen) atoms. The summed E-state index contributed by atoms with van der Waals surface area (Å²) in [5.41, 5.74) is 1.98. The number of hydrogen-bond acceptors (Lipinski definition) is 6. The molecule has 0 unspecified atom stereocenters. The van der Waals surface area contributed by atoms with E-state index in [0.717, 1.165) is 27.8 Å². The molecule has 0 radical (unpaired) electrons. The number of aromatic nitrogens is 1. The molecule has 0 aliphatic heterocycles. The molecule has 152 valence electrons. The van der Waals surface area contributed by atoms with Crippen molar-refractivity contribution >= 4 is 17.2 Å². The van der Waals surface area contributed by atoms with Crippen molar-refractivity contribution in [2.75, 3.05) is 33.5 Å². The molecule has 2 aromatic carbocycles. The first kappa shape index (κ1) is 20.8. The van der Waals surface area contributed by atoms with Crippen LogP contribution in [-0.4, -0.2) is 44.4 Å². The molecule has 1 amide bonds. The van der Waals surface area contributed by atoms with Crippen LogP contribution >= 0.6 is 11.3 Å². The molecule has 0 aliphatic rings. The van der Waals surface area contributed by atoms with Gasteiger partial charge in [0.25, 0.3) is 0 Å². The number of carbonyl (C=O) groups excluding carboxylic acids is 1. The van der Waals surface area contributed by atoms with Gasteiger partial charge in [0.15, 0.2) is 0 Å². The van der Waals surface area contributed by atoms with Gasteiger partial charge < -0.3 is 19.5 Å². The molecular weight excluding hydrogens is 388 g/mol. The van der Waals surface area contributed by atoms with Crippen LogP contribution in [0.4, 0.5) is 0 Å². The maximum Gasteiger partial charge on any atom is 0.246 e.